The zero-order valence-electron chi connectivity index (χ0n) is 22.6. The monoisotopic (exact) mass is 556 g/mol. The second-order valence-electron chi connectivity index (χ2n) is 10.3. The predicted octanol–water partition coefficient (Wildman–Crippen LogP) is 2.34. The van der Waals surface area contributed by atoms with Gasteiger partial charge >= 0.3 is 0 Å². The lowest BCUT2D eigenvalue weighted by Crippen LogP contribution is -2.50. The van der Waals surface area contributed by atoms with Gasteiger partial charge in [0.25, 0.3) is 6.43 Å². The number of methoxy groups -OCH3 is 1. The number of aromatic nitrogens is 4. The first-order chi connectivity index (χ1) is 19.5. The van der Waals surface area contributed by atoms with Crippen molar-refractivity contribution in [1.29, 1.82) is 0 Å². The summed E-state index contributed by atoms with van der Waals surface area (Å²) >= 11 is 0. The Labute approximate surface area is 231 Å². The highest BCUT2D eigenvalue weighted by molar-refractivity contribution is 5.84. The van der Waals surface area contributed by atoms with Crippen LogP contribution < -0.4 is 14.5 Å². The highest BCUT2D eigenvalue weighted by Crippen LogP contribution is 2.33. The Morgan fingerprint density at radius 2 is 1.62 bits per heavy atom. The maximum absolute atomic E-state index is 14.3. The molecule has 40 heavy (non-hydrogen) atoms. The molecule has 2 aromatic heterocycles. The normalized spacial score (nSPS) is 18.8. The van der Waals surface area contributed by atoms with Crippen LogP contribution in [-0.4, -0.2) is 114 Å². The average Bonchev–Trinajstić information content (AvgIpc) is 3.67. The third kappa shape index (κ3) is 5.27. The Morgan fingerprint density at radius 1 is 0.950 bits per heavy atom. The standard InChI is InChI=1S/C27H34F2N8O3/c1-39-20-6-4-5-19-24(20)32-26(25(28)29)37(19)27-30-21(17-22(31-27)35-13-15-40-16-14-35)34-11-9-33(10-12-34)18-23(38)36-7-2-3-8-36/h4-6,17,25H,2-3,7-16,18H2,1H3. The molecule has 0 aliphatic carbocycles. The van der Waals surface area contributed by atoms with E-state index in [2.05, 4.69) is 19.7 Å². The van der Waals surface area contributed by atoms with Crippen molar-refractivity contribution in [3.63, 3.8) is 0 Å². The summed E-state index contributed by atoms with van der Waals surface area (Å²) in [6.45, 7) is 7.26. The van der Waals surface area contributed by atoms with E-state index in [-0.39, 0.29) is 11.9 Å². The zero-order valence-corrected chi connectivity index (χ0v) is 22.6. The molecule has 0 unspecified atom stereocenters. The van der Waals surface area contributed by atoms with Crippen molar-refractivity contribution in [2.75, 3.05) is 89.0 Å². The van der Waals surface area contributed by atoms with Crippen LogP contribution in [0.3, 0.4) is 0 Å². The third-order valence-electron chi connectivity index (χ3n) is 7.83. The molecule has 1 aromatic carbocycles. The topological polar surface area (TPSA) is 92.1 Å². The van der Waals surface area contributed by atoms with Gasteiger partial charge in [-0.2, -0.15) is 9.97 Å². The largest absolute Gasteiger partial charge is 0.494 e. The van der Waals surface area contributed by atoms with Crippen molar-refractivity contribution in [2.45, 2.75) is 19.3 Å². The van der Waals surface area contributed by atoms with Gasteiger partial charge in [-0.3, -0.25) is 14.3 Å². The molecule has 0 N–H and O–H groups in total. The minimum Gasteiger partial charge on any atom is -0.494 e. The number of amides is 1. The maximum Gasteiger partial charge on any atom is 0.296 e. The van der Waals surface area contributed by atoms with Crippen LogP contribution in [0, 0.1) is 0 Å². The number of morpholine rings is 1. The van der Waals surface area contributed by atoms with Gasteiger partial charge in [-0.05, 0) is 25.0 Å². The van der Waals surface area contributed by atoms with E-state index >= 15 is 0 Å². The number of nitrogens with zero attached hydrogens (tertiary/aromatic N) is 8. The van der Waals surface area contributed by atoms with E-state index in [1.807, 2.05) is 11.0 Å². The zero-order chi connectivity index (χ0) is 27.6. The maximum atomic E-state index is 14.3. The summed E-state index contributed by atoms with van der Waals surface area (Å²) in [5.41, 5.74) is 0.781. The number of carbonyl (C=O) groups excluding carboxylic acids is 1. The number of benzene rings is 1. The van der Waals surface area contributed by atoms with E-state index < -0.39 is 12.2 Å². The lowest BCUT2D eigenvalue weighted by Gasteiger charge is -2.36. The van der Waals surface area contributed by atoms with Gasteiger partial charge in [-0.15, -0.1) is 0 Å². The number of halogens is 2. The molecular weight excluding hydrogens is 522 g/mol. The van der Waals surface area contributed by atoms with Crippen molar-refractivity contribution < 1.29 is 23.0 Å². The van der Waals surface area contributed by atoms with E-state index in [0.717, 1.165) is 25.9 Å². The van der Waals surface area contributed by atoms with E-state index in [9.17, 15) is 13.6 Å². The van der Waals surface area contributed by atoms with Crippen molar-refractivity contribution in [1.82, 2.24) is 29.3 Å². The molecule has 13 heteroatoms. The number of hydrogen-bond donors (Lipinski definition) is 0. The summed E-state index contributed by atoms with van der Waals surface area (Å²) in [5.74, 6) is 1.60. The molecule has 0 radical (unpaired) electrons. The van der Waals surface area contributed by atoms with Gasteiger partial charge in [-0.25, -0.2) is 13.8 Å². The van der Waals surface area contributed by atoms with E-state index in [0.29, 0.717) is 87.4 Å². The number of likely N-dealkylation sites (tertiary alicyclic amines) is 1. The van der Waals surface area contributed by atoms with Gasteiger partial charge < -0.3 is 24.2 Å². The molecule has 214 valence electrons. The lowest BCUT2D eigenvalue weighted by molar-refractivity contribution is -0.131. The number of imidazole rings is 1. The lowest BCUT2D eigenvalue weighted by atomic mass is 10.3. The van der Waals surface area contributed by atoms with E-state index in [1.54, 1.807) is 18.2 Å². The number of piperazine rings is 1. The Morgan fingerprint density at radius 3 is 2.27 bits per heavy atom. The van der Waals surface area contributed by atoms with E-state index in [4.69, 9.17) is 19.4 Å². The summed E-state index contributed by atoms with van der Waals surface area (Å²) in [5, 5.41) is 0. The van der Waals surface area contributed by atoms with Gasteiger partial charge in [0.2, 0.25) is 11.9 Å². The molecule has 11 nitrogen and oxygen atoms in total. The number of anilines is 2. The average molecular weight is 557 g/mol. The minimum absolute atomic E-state index is 0.136. The van der Waals surface area contributed by atoms with Crippen LogP contribution in [0.4, 0.5) is 20.4 Å². The van der Waals surface area contributed by atoms with Crippen LogP contribution in [-0.2, 0) is 9.53 Å². The molecule has 3 aliphatic rings. The number of ether oxygens (including phenoxy) is 2. The van der Waals surface area contributed by atoms with Crippen LogP contribution in [0.15, 0.2) is 24.3 Å². The second kappa shape index (κ2) is 11.5. The Bertz CT molecular complexity index is 1350. The number of rotatable bonds is 7. The number of para-hydroxylation sites is 1. The summed E-state index contributed by atoms with van der Waals surface area (Å²) in [6, 6.07) is 7.07. The number of carbonyl (C=O) groups is 1. The number of alkyl halides is 2. The Kier molecular flexibility index (Phi) is 7.65. The molecule has 5 heterocycles. The molecular formula is C27H34F2N8O3. The van der Waals surface area contributed by atoms with Crippen LogP contribution in [0.1, 0.15) is 25.1 Å². The number of hydrogen-bond acceptors (Lipinski definition) is 9. The van der Waals surface area contributed by atoms with Gasteiger partial charge in [-0.1, -0.05) is 6.07 Å². The molecule has 3 aromatic rings. The first kappa shape index (κ1) is 26.6. The molecule has 3 fully saturated rings. The van der Waals surface area contributed by atoms with Crippen molar-refractivity contribution in [3.8, 4) is 11.7 Å². The predicted molar refractivity (Wildman–Crippen MR) is 146 cm³/mol. The molecule has 3 aliphatic heterocycles. The minimum atomic E-state index is -2.84. The molecule has 6 rings (SSSR count). The fourth-order valence-corrected chi connectivity index (χ4v) is 5.63. The van der Waals surface area contributed by atoms with Gasteiger partial charge in [0.05, 0.1) is 32.4 Å². The SMILES string of the molecule is COc1cccc2c1nc(C(F)F)n2-c1nc(N2CCOCC2)cc(N2CCN(CC(=O)N3CCCC3)CC2)n1. The highest BCUT2D eigenvalue weighted by Gasteiger charge is 2.28. The molecule has 0 saturated carbocycles. The fraction of sp³-hybridized carbons (Fsp3) is 0.556. The summed E-state index contributed by atoms with van der Waals surface area (Å²) in [7, 11) is 1.49. The quantitative estimate of drug-likeness (QED) is 0.435. The van der Waals surface area contributed by atoms with Crippen molar-refractivity contribution in [3.05, 3.63) is 30.1 Å². The highest BCUT2D eigenvalue weighted by atomic mass is 19.3. The first-order valence-corrected chi connectivity index (χ1v) is 13.8. The first-order valence-electron chi connectivity index (χ1n) is 13.8. The van der Waals surface area contributed by atoms with Crippen LogP contribution in [0.25, 0.3) is 17.0 Å². The summed E-state index contributed by atoms with van der Waals surface area (Å²) in [4.78, 5) is 34.8. The van der Waals surface area contributed by atoms with Gasteiger partial charge in [0.1, 0.15) is 22.9 Å². The number of fused-ring (bicyclic) bond motifs is 1. The molecule has 0 spiro atoms. The summed E-state index contributed by atoms with van der Waals surface area (Å²) < 4.78 is 40.9. The molecule has 0 atom stereocenters. The van der Waals surface area contributed by atoms with Gasteiger partial charge in [0, 0.05) is 58.4 Å². The van der Waals surface area contributed by atoms with Crippen molar-refractivity contribution in [2.24, 2.45) is 0 Å². The van der Waals surface area contributed by atoms with Gasteiger partial charge in [0.15, 0.2) is 5.82 Å². The third-order valence-corrected chi connectivity index (χ3v) is 7.83. The van der Waals surface area contributed by atoms with E-state index in [1.165, 1.54) is 11.7 Å². The van der Waals surface area contributed by atoms with Crippen LogP contribution >= 0.6 is 0 Å². The summed E-state index contributed by atoms with van der Waals surface area (Å²) in [6.07, 6.45) is -0.687. The van der Waals surface area contributed by atoms with Crippen LogP contribution in [0.5, 0.6) is 5.75 Å². The second-order valence-corrected chi connectivity index (χ2v) is 10.3. The van der Waals surface area contributed by atoms with Crippen LogP contribution in [0.2, 0.25) is 0 Å². The Balaban J connectivity index is 1.33. The fourth-order valence-electron chi connectivity index (χ4n) is 5.63. The molecule has 1 amide bonds. The molecule has 0 bridgehead atoms. The van der Waals surface area contributed by atoms with Crippen molar-refractivity contribution >= 4 is 28.6 Å². The Hall–Kier alpha value is -3.58. The molecule has 3 saturated heterocycles. The smallest absolute Gasteiger partial charge is 0.296 e.